The predicted octanol–water partition coefficient (Wildman–Crippen LogP) is 4.46. The number of hydrogen-bond donors (Lipinski definition) is 1. The molecule has 1 aromatic heterocycles. The molecule has 1 aliphatic carbocycles. The lowest BCUT2D eigenvalue weighted by Crippen LogP contribution is -2.43. The van der Waals surface area contributed by atoms with Gasteiger partial charge in [-0.15, -0.1) is 0 Å². The van der Waals surface area contributed by atoms with Gasteiger partial charge < -0.3 is 9.84 Å². The number of carboxylic acid groups (broad SMARTS) is 1. The molecule has 11 heteroatoms. The second-order valence-corrected chi connectivity index (χ2v) is 12.0. The highest BCUT2D eigenvalue weighted by molar-refractivity contribution is 7.89. The Bertz CT molecular complexity index is 1690. The molecule has 2 atom stereocenters. The van der Waals surface area contributed by atoms with Crippen LogP contribution in [0.2, 0.25) is 0 Å². The molecule has 0 radical (unpaired) electrons. The third-order valence-corrected chi connectivity index (χ3v) is 8.99. The van der Waals surface area contributed by atoms with E-state index >= 15 is 4.39 Å². The van der Waals surface area contributed by atoms with Gasteiger partial charge in [0.25, 0.3) is 0 Å². The van der Waals surface area contributed by atoms with E-state index in [1.54, 1.807) is 37.3 Å². The molecule has 2 aromatic carbocycles. The van der Waals surface area contributed by atoms with Crippen molar-refractivity contribution in [2.24, 2.45) is 0 Å². The summed E-state index contributed by atoms with van der Waals surface area (Å²) in [4.78, 5) is 11.6. The van der Waals surface area contributed by atoms with Crippen molar-refractivity contribution in [2.75, 3.05) is 6.54 Å². The average Bonchev–Trinajstić information content (AvgIpc) is 3.38. The maximum absolute atomic E-state index is 15.1. The smallest absolute Gasteiger partial charge is 0.309 e. The number of halogens is 1. The van der Waals surface area contributed by atoms with Gasteiger partial charge in [-0.25, -0.2) is 12.8 Å². The van der Waals surface area contributed by atoms with Gasteiger partial charge in [-0.2, -0.15) is 14.7 Å². The van der Waals surface area contributed by atoms with Crippen LogP contribution in [-0.2, 0) is 21.2 Å². The molecule has 0 bridgehead atoms. The second-order valence-electron chi connectivity index (χ2n) is 10.2. The third kappa shape index (κ3) is 4.60. The van der Waals surface area contributed by atoms with Gasteiger partial charge >= 0.3 is 5.97 Å². The lowest BCUT2D eigenvalue weighted by molar-refractivity contribution is -0.136. The Morgan fingerprint density at radius 1 is 1.28 bits per heavy atom. The van der Waals surface area contributed by atoms with Crippen LogP contribution in [0.4, 0.5) is 4.39 Å². The van der Waals surface area contributed by atoms with Crippen molar-refractivity contribution < 1.29 is 27.4 Å². The first-order valence-electron chi connectivity index (χ1n) is 12.5. The van der Waals surface area contributed by atoms with Crippen LogP contribution < -0.4 is 4.74 Å². The minimum Gasteiger partial charge on any atom is -0.491 e. The maximum atomic E-state index is 15.1. The number of fused-ring (bicyclic) bond motifs is 1. The lowest BCUT2D eigenvalue weighted by atomic mass is 9.95. The number of aromatic nitrogens is 2. The fraction of sp³-hybridized carbons (Fsp3) is 0.321. The quantitative estimate of drug-likeness (QED) is 0.439. The molecule has 3 aromatic rings. The molecule has 1 N–H and O–H groups in total. The first kappa shape index (κ1) is 26.6. The first-order valence-corrected chi connectivity index (χ1v) is 13.9. The van der Waals surface area contributed by atoms with E-state index in [4.69, 9.17) is 4.74 Å². The largest absolute Gasteiger partial charge is 0.491 e. The Balaban J connectivity index is 1.59. The van der Waals surface area contributed by atoms with Crippen LogP contribution in [0.1, 0.15) is 44.5 Å². The molecule has 0 amide bonds. The van der Waals surface area contributed by atoms with Gasteiger partial charge in [-0.1, -0.05) is 18.2 Å². The molecule has 1 saturated heterocycles. The molecule has 0 saturated carbocycles. The summed E-state index contributed by atoms with van der Waals surface area (Å²) in [6.07, 6.45) is 4.85. The van der Waals surface area contributed by atoms with Crippen LogP contribution in [0, 0.1) is 17.1 Å². The number of carbonyl (C=O) groups is 1. The molecule has 5 rings (SSSR count). The molecule has 2 heterocycles. The Kier molecular flexibility index (Phi) is 6.56. The summed E-state index contributed by atoms with van der Waals surface area (Å²) in [7, 11) is -4.11. The average molecular weight is 551 g/mol. The van der Waals surface area contributed by atoms with Crippen LogP contribution in [0.15, 0.2) is 59.5 Å². The Morgan fingerprint density at radius 2 is 1.97 bits per heavy atom. The fourth-order valence-corrected chi connectivity index (χ4v) is 6.93. The van der Waals surface area contributed by atoms with Crippen molar-refractivity contribution in [1.82, 2.24) is 14.1 Å². The molecule has 0 unspecified atom stereocenters. The number of aliphatic carboxylic acids is 1. The molecule has 1 aliphatic heterocycles. The molecular weight excluding hydrogens is 523 g/mol. The van der Waals surface area contributed by atoms with Gasteiger partial charge in [0, 0.05) is 23.9 Å². The van der Waals surface area contributed by atoms with Gasteiger partial charge in [0.15, 0.2) is 0 Å². The summed E-state index contributed by atoms with van der Waals surface area (Å²) in [5.41, 5.74) is 0.0745. The summed E-state index contributed by atoms with van der Waals surface area (Å²) in [5, 5.41) is 24.6. The Hall–Kier alpha value is -4.01. The van der Waals surface area contributed by atoms with Gasteiger partial charge in [-0.05, 0) is 62.7 Å². The van der Waals surface area contributed by atoms with Gasteiger partial charge in [0.2, 0.25) is 10.0 Å². The number of benzene rings is 2. The summed E-state index contributed by atoms with van der Waals surface area (Å²) in [6.45, 7) is 5.17. The Labute approximate surface area is 225 Å². The number of nitrogens with zero attached hydrogens (tertiary/aromatic N) is 4. The standard InChI is InChI=1S/C28H27FN4O5S/c1-17(2)38-20-7-9-21(10-8-20)39(36,37)32-15-19(14-28(32,3)16-30)33-27-22(24(31-33)13-25(34)35)11-12-23(29)26(27)18-5-4-6-18/h4-12,17,19H,13-15H2,1-3H3,(H,34,35)/t19-,28+/m1/s1. The van der Waals surface area contributed by atoms with Gasteiger partial charge in [0.1, 0.15) is 17.1 Å². The summed E-state index contributed by atoms with van der Waals surface area (Å²) < 4.78 is 50.9. The zero-order valence-electron chi connectivity index (χ0n) is 21.6. The lowest BCUT2D eigenvalue weighted by Gasteiger charge is -2.27. The van der Waals surface area contributed by atoms with E-state index in [2.05, 4.69) is 11.2 Å². The molecule has 202 valence electrons. The van der Waals surface area contributed by atoms with Crippen LogP contribution in [0.25, 0.3) is 16.5 Å². The minimum atomic E-state index is -4.11. The van der Waals surface area contributed by atoms with E-state index in [-0.39, 0.29) is 35.2 Å². The van der Waals surface area contributed by atoms with E-state index < -0.39 is 39.8 Å². The highest BCUT2D eigenvalue weighted by Gasteiger charge is 2.50. The number of rotatable bonds is 8. The summed E-state index contributed by atoms with van der Waals surface area (Å²) in [6, 6.07) is 10.3. The predicted molar refractivity (Wildman–Crippen MR) is 142 cm³/mol. The summed E-state index contributed by atoms with van der Waals surface area (Å²) in [5.74, 6) is -1.08. The van der Waals surface area contributed by atoms with Crippen molar-refractivity contribution in [1.29, 1.82) is 5.26 Å². The number of carboxylic acids is 1. The Morgan fingerprint density at radius 3 is 2.54 bits per heavy atom. The molecule has 2 aliphatic rings. The number of nitriles is 1. The van der Waals surface area contributed by atoms with E-state index in [9.17, 15) is 23.6 Å². The van der Waals surface area contributed by atoms with E-state index in [0.29, 0.717) is 22.2 Å². The molecule has 0 spiro atoms. The first-order chi connectivity index (χ1) is 18.4. The van der Waals surface area contributed by atoms with Gasteiger partial charge in [-0.3, -0.25) is 9.48 Å². The SMILES string of the molecule is CC(C)Oc1ccc(S(=O)(=O)N2C[C@H](n3nc(CC(=O)O)c4ccc(F)c(C5=CC=C5)c43)C[C@@]2(C)C#N)cc1. The molecule has 1 fully saturated rings. The van der Waals surface area contributed by atoms with Crippen LogP contribution >= 0.6 is 0 Å². The monoisotopic (exact) mass is 550 g/mol. The van der Waals surface area contributed by atoms with Crippen LogP contribution in [0.3, 0.4) is 0 Å². The van der Waals surface area contributed by atoms with E-state index in [0.717, 1.165) is 4.31 Å². The number of allylic oxidation sites excluding steroid dienone is 4. The van der Waals surface area contributed by atoms with E-state index in [1.807, 2.05) is 13.8 Å². The maximum Gasteiger partial charge on any atom is 0.309 e. The number of ether oxygens (including phenoxy) is 1. The highest BCUT2D eigenvalue weighted by Crippen LogP contribution is 2.43. The second kappa shape index (κ2) is 9.63. The molecule has 9 nitrogen and oxygen atoms in total. The van der Waals surface area contributed by atoms with Crippen molar-refractivity contribution in [3.8, 4) is 11.8 Å². The van der Waals surface area contributed by atoms with Crippen molar-refractivity contribution in [3.05, 3.63) is 71.7 Å². The third-order valence-electron chi connectivity index (χ3n) is 6.98. The minimum absolute atomic E-state index is 0.00844. The summed E-state index contributed by atoms with van der Waals surface area (Å²) >= 11 is 0. The molecular formula is C28H27FN4O5S. The zero-order chi connectivity index (χ0) is 28.1. The highest BCUT2D eigenvalue weighted by atomic mass is 32.2. The number of hydrogen-bond acceptors (Lipinski definition) is 6. The van der Waals surface area contributed by atoms with E-state index in [1.165, 1.54) is 28.9 Å². The van der Waals surface area contributed by atoms with Gasteiger partial charge in [0.05, 0.1) is 40.7 Å². The van der Waals surface area contributed by atoms with Crippen molar-refractivity contribution in [2.45, 2.75) is 56.2 Å². The van der Waals surface area contributed by atoms with Crippen LogP contribution in [0.5, 0.6) is 5.75 Å². The normalized spacial score (nSPS) is 21.1. The fourth-order valence-electron chi connectivity index (χ4n) is 5.18. The van der Waals surface area contributed by atoms with Crippen LogP contribution in [-0.4, -0.2) is 51.8 Å². The zero-order valence-corrected chi connectivity index (χ0v) is 22.4. The topological polar surface area (TPSA) is 126 Å². The number of sulfonamides is 1. The van der Waals surface area contributed by atoms with Crippen molar-refractivity contribution in [3.63, 3.8) is 0 Å². The van der Waals surface area contributed by atoms with Crippen molar-refractivity contribution >= 4 is 32.5 Å². The molecule has 39 heavy (non-hydrogen) atoms.